The SMILES string of the molecule is CC[C@@H]1C(=O)N(C)c2cnc(C(Br)C(=O)c3ccc(F)cc3)nc2N1C(C)C. The molecule has 1 aromatic carbocycles. The van der Waals surface area contributed by atoms with Crippen molar-refractivity contribution in [2.75, 3.05) is 16.8 Å². The summed E-state index contributed by atoms with van der Waals surface area (Å²) in [6.45, 7) is 5.97. The van der Waals surface area contributed by atoms with Crippen LogP contribution in [0.3, 0.4) is 0 Å². The molecule has 2 heterocycles. The van der Waals surface area contributed by atoms with Crippen molar-refractivity contribution in [3.63, 3.8) is 0 Å². The molecule has 1 aliphatic rings. The molecule has 3 rings (SSSR count). The Bertz CT molecular complexity index is 904. The van der Waals surface area contributed by atoms with Gasteiger partial charge in [-0.1, -0.05) is 22.9 Å². The molecular formula is C20H22BrFN4O2. The van der Waals surface area contributed by atoms with Gasteiger partial charge in [0, 0.05) is 18.7 Å². The van der Waals surface area contributed by atoms with E-state index in [4.69, 9.17) is 0 Å². The standard InChI is InChI=1S/C20H22BrFN4O2/c1-5-14-20(28)25(4)15-10-23-18(24-19(15)26(14)11(2)3)16(21)17(27)12-6-8-13(22)9-7-12/h6-11,14,16H,5H2,1-4H3/t14-,16?/m1/s1. The van der Waals surface area contributed by atoms with E-state index in [0.717, 1.165) is 0 Å². The van der Waals surface area contributed by atoms with Crippen molar-refractivity contribution < 1.29 is 14.0 Å². The number of benzene rings is 1. The highest BCUT2D eigenvalue weighted by molar-refractivity contribution is 9.09. The Balaban J connectivity index is 2.01. The summed E-state index contributed by atoms with van der Waals surface area (Å²) in [6, 6.07) is 5.09. The Morgan fingerprint density at radius 1 is 1.29 bits per heavy atom. The number of amides is 1. The van der Waals surface area contributed by atoms with Crippen LogP contribution in [-0.4, -0.2) is 40.8 Å². The second-order valence-corrected chi connectivity index (χ2v) is 7.91. The largest absolute Gasteiger partial charge is 0.340 e. The topological polar surface area (TPSA) is 66.4 Å². The minimum absolute atomic E-state index is 0.00201. The van der Waals surface area contributed by atoms with Crippen LogP contribution in [0, 0.1) is 5.82 Å². The Morgan fingerprint density at radius 3 is 2.50 bits per heavy atom. The lowest BCUT2D eigenvalue weighted by Gasteiger charge is -2.42. The van der Waals surface area contributed by atoms with Gasteiger partial charge in [-0.15, -0.1) is 0 Å². The summed E-state index contributed by atoms with van der Waals surface area (Å²) in [5, 5.41) is 0. The zero-order valence-electron chi connectivity index (χ0n) is 16.2. The third-order valence-electron chi connectivity index (χ3n) is 4.85. The van der Waals surface area contributed by atoms with E-state index >= 15 is 0 Å². The van der Waals surface area contributed by atoms with Gasteiger partial charge in [0.05, 0.1) is 6.20 Å². The number of halogens is 2. The van der Waals surface area contributed by atoms with E-state index in [-0.39, 0.29) is 23.8 Å². The van der Waals surface area contributed by atoms with Crippen molar-refractivity contribution in [2.45, 2.75) is 44.1 Å². The van der Waals surface area contributed by atoms with Gasteiger partial charge in [0.1, 0.15) is 22.4 Å². The normalized spacial score (nSPS) is 17.7. The maximum absolute atomic E-state index is 13.1. The average molecular weight is 449 g/mol. The zero-order valence-corrected chi connectivity index (χ0v) is 17.8. The number of fused-ring (bicyclic) bond motifs is 1. The molecule has 1 aromatic heterocycles. The molecule has 0 saturated carbocycles. The number of Topliss-reactive ketones (excluding diaryl/α,β-unsaturated/α-hetero) is 1. The molecule has 8 heteroatoms. The van der Waals surface area contributed by atoms with Crippen LogP contribution in [0.1, 0.15) is 48.2 Å². The van der Waals surface area contributed by atoms with Gasteiger partial charge in [0.15, 0.2) is 17.4 Å². The maximum atomic E-state index is 13.1. The number of alkyl halides is 1. The van der Waals surface area contributed by atoms with Gasteiger partial charge < -0.3 is 9.80 Å². The smallest absolute Gasteiger partial charge is 0.249 e. The van der Waals surface area contributed by atoms with Crippen LogP contribution in [0.2, 0.25) is 0 Å². The number of anilines is 2. The minimum Gasteiger partial charge on any atom is -0.340 e. The number of likely N-dealkylation sites (N-methyl/N-ethyl adjacent to an activating group) is 1. The third kappa shape index (κ3) is 3.53. The fourth-order valence-electron chi connectivity index (χ4n) is 3.39. The van der Waals surface area contributed by atoms with Crippen LogP contribution in [0.25, 0.3) is 0 Å². The molecule has 0 radical (unpaired) electrons. The molecule has 1 aliphatic heterocycles. The predicted molar refractivity (Wildman–Crippen MR) is 110 cm³/mol. The Hall–Kier alpha value is -2.35. The van der Waals surface area contributed by atoms with Crippen LogP contribution in [0.4, 0.5) is 15.9 Å². The van der Waals surface area contributed by atoms with Crippen molar-refractivity contribution in [1.29, 1.82) is 0 Å². The fourth-order valence-corrected chi connectivity index (χ4v) is 3.88. The Kier molecular flexibility index (Phi) is 5.79. The molecule has 28 heavy (non-hydrogen) atoms. The first kappa shape index (κ1) is 20.4. The quantitative estimate of drug-likeness (QED) is 0.512. The number of hydrogen-bond acceptors (Lipinski definition) is 5. The molecule has 0 fully saturated rings. The summed E-state index contributed by atoms with van der Waals surface area (Å²) in [5.41, 5.74) is 0.977. The lowest BCUT2D eigenvalue weighted by atomic mass is 10.0. The molecule has 0 bridgehead atoms. The molecule has 6 nitrogen and oxygen atoms in total. The fraction of sp³-hybridized carbons (Fsp3) is 0.400. The first-order valence-corrected chi connectivity index (χ1v) is 10.0. The maximum Gasteiger partial charge on any atom is 0.249 e. The molecule has 2 atom stereocenters. The van der Waals surface area contributed by atoms with Gasteiger partial charge in [0.2, 0.25) is 5.91 Å². The predicted octanol–water partition coefficient (Wildman–Crippen LogP) is 3.90. The number of rotatable bonds is 5. The number of hydrogen-bond donors (Lipinski definition) is 0. The lowest BCUT2D eigenvalue weighted by molar-refractivity contribution is -0.120. The van der Waals surface area contributed by atoms with Crippen LogP contribution in [0.15, 0.2) is 30.5 Å². The molecule has 0 saturated heterocycles. The van der Waals surface area contributed by atoms with Gasteiger partial charge in [-0.2, -0.15) is 0 Å². The molecule has 2 aromatic rings. The first-order chi connectivity index (χ1) is 13.3. The molecule has 0 spiro atoms. The highest BCUT2D eigenvalue weighted by Gasteiger charge is 2.38. The van der Waals surface area contributed by atoms with Gasteiger partial charge in [-0.05, 0) is 44.5 Å². The molecule has 1 unspecified atom stereocenters. The third-order valence-corrected chi connectivity index (χ3v) is 5.68. The van der Waals surface area contributed by atoms with Crippen LogP contribution < -0.4 is 9.80 Å². The van der Waals surface area contributed by atoms with Crippen LogP contribution in [0.5, 0.6) is 0 Å². The molecule has 148 valence electrons. The Labute approximate surface area is 171 Å². The number of ketones is 1. The summed E-state index contributed by atoms with van der Waals surface area (Å²) in [7, 11) is 1.71. The van der Waals surface area contributed by atoms with E-state index in [9.17, 15) is 14.0 Å². The van der Waals surface area contributed by atoms with Crippen LogP contribution in [-0.2, 0) is 4.79 Å². The molecule has 0 aliphatic carbocycles. The molecular weight excluding hydrogens is 427 g/mol. The molecule has 1 amide bonds. The van der Waals surface area contributed by atoms with E-state index < -0.39 is 10.6 Å². The van der Waals surface area contributed by atoms with Gasteiger partial charge >= 0.3 is 0 Å². The first-order valence-electron chi connectivity index (χ1n) is 9.13. The Morgan fingerprint density at radius 2 is 1.93 bits per heavy atom. The number of aromatic nitrogens is 2. The van der Waals surface area contributed by atoms with Crippen molar-refractivity contribution in [1.82, 2.24) is 9.97 Å². The number of carbonyl (C=O) groups excluding carboxylic acids is 2. The highest BCUT2D eigenvalue weighted by Crippen LogP contribution is 2.37. The van der Waals surface area contributed by atoms with Crippen LogP contribution >= 0.6 is 15.9 Å². The van der Waals surface area contributed by atoms with Gasteiger partial charge in [-0.3, -0.25) is 9.59 Å². The number of nitrogens with zero attached hydrogens (tertiary/aromatic N) is 4. The summed E-state index contributed by atoms with van der Waals surface area (Å²) in [4.78, 5) is 37.2. The second-order valence-electron chi connectivity index (χ2n) is 6.99. The second kappa shape index (κ2) is 7.95. The van der Waals surface area contributed by atoms with Crippen molar-refractivity contribution >= 4 is 39.1 Å². The highest BCUT2D eigenvalue weighted by atomic mass is 79.9. The minimum atomic E-state index is -0.778. The van der Waals surface area contributed by atoms with Gasteiger partial charge in [-0.25, -0.2) is 14.4 Å². The summed E-state index contributed by atoms with van der Waals surface area (Å²) in [6.07, 6.45) is 2.22. The number of carbonyl (C=O) groups is 2. The average Bonchev–Trinajstić information content (AvgIpc) is 2.69. The summed E-state index contributed by atoms with van der Waals surface area (Å²) in [5.74, 6) is 0.265. The van der Waals surface area contributed by atoms with E-state index in [1.54, 1.807) is 18.1 Å². The van der Waals surface area contributed by atoms with E-state index in [0.29, 0.717) is 29.3 Å². The van der Waals surface area contributed by atoms with Gasteiger partial charge in [0.25, 0.3) is 0 Å². The van der Waals surface area contributed by atoms with E-state index in [1.165, 1.54) is 24.3 Å². The van der Waals surface area contributed by atoms with Crippen molar-refractivity contribution in [3.8, 4) is 0 Å². The summed E-state index contributed by atoms with van der Waals surface area (Å²) >= 11 is 3.38. The monoisotopic (exact) mass is 448 g/mol. The molecule has 0 N–H and O–H groups in total. The van der Waals surface area contributed by atoms with Crippen molar-refractivity contribution in [2.24, 2.45) is 0 Å². The summed E-state index contributed by atoms with van der Waals surface area (Å²) < 4.78 is 13.1. The van der Waals surface area contributed by atoms with E-state index in [1.807, 2.05) is 25.7 Å². The lowest BCUT2D eigenvalue weighted by Crippen LogP contribution is -2.55. The van der Waals surface area contributed by atoms with E-state index in [2.05, 4.69) is 25.9 Å². The zero-order chi connectivity index (χ0) is 20.6. The van der Waals surface area contributed by atoms with Crippen molar-refractivity contribution in [3.05, 3.63) is 47.7 Å².